The molecule has 1 amide bonds. The van der Waals surface area contributed by atoms with Gasteiger partial charge in [-0.2, -0.15) is 0 Å². The summed E-state index contributed by atoms with van der Waals surface area (Å²) in [5.41, 5.74) is 8.29. The van der Waals surface area contributed by atoms with E-state index < -0.39 is 24.7 Å². The molecule has 4 aromatic rings. The van der Waals surface area contributed by atoms with Gasteiger partial charge in [0.15, 0.2) is 6.10 Å². The van der Waals surface area contributed by atoms with Gasteiger partial charge in [-0.1, -0.05) is 12.1 Å². The third kappa shape index (κ3) is 3.82. The van der Waals surface area contributed by atoms with E-state index in [1.807, 2.05) is 0 Å². The number of pyridine rings is 1. The van der Waals surface area contributed by atoms with Crippen molar-refractivity contribution in [1.29, 1.82) is 0 Å². The number of aliphatic hydroxyl groups is 1. The van der Waals surface area contributed by atoms with E-state index in [0.29, 0.717) is 28.2 Å². The Labute approximate surface area is 181 Å². The zero-order valence-corrected chi connectivity index (χ0v) is 16.7. The second kappa shape index (κ2) is 7.77. The van der Waals surface area contributed by atoms with Gasteiger partial charge < -0.3 is 16.2 Å². The van der Waals surface area contributed by atoms with Gasteiger partial charge in [-0.25, -0.2) is 19.3 Å². The number of nitrogens with one attached hydrogen (secondary N) is 1. The van der Waals surface area contributed by atoms with Crippen molar-refractivity contribution < 1.29 is 18.4 Å². The van der Waals surface area contributed by atoms with Crippen molar-refractivity contribution in [3.63, 3.8) is 0 Å². The first kappa shape index (κ1) is 16.9. The third-order valence-electron chi connectivity index (χ3n) is 4.77. The maximum Gasteiger partial charge on any atom is 0.258 e. The molecule has 3 heterocycles. The van der Waals surface area contributed by atoms with Crippen LogP contribution in [0.3, 0.4) is 0 Å². The Bertz CT molecular complexity index is 1420. The highest BCUT2D eigenvalue weighted by atomic mass is 19.1. The Morgan fingerprint density at radius 2 is 2.06 bits per heavy atom. The molecule has 3 aromatic heterocycles. The van der Waals surface area contributed by atoms with E-state index in [9.17, 15) is 14.3 Å². The molecule has 0 aliphatic carbocycles. The summed E-state index contributed by atoms with van der Waals surface area (Å²) < 4.78 is 38.3. The highest BCUT2D eigenvalue weighted by Crippen LogP contribution is 2.30. The number of amides is 1. The zero-order valence-electron chi connectivity index (χ0n) is 19.7. The van der Waals surface area contributed by atoms with Gasteiger partial charge in [0.25, 0.3) is 5.91 Å². The van der Waals surface area contributed by atoms with E-state index >= 15 is 0 Å². The minimum absolute atomic E-state index is 0.103. The number of aryl methyl sites for hydroxylation is 3. The molecule has 4 rings (SSSR count). The van der Waals surface area contributed by atoms with E-state index in [-0.39, 0.29) is 23.0 Å². The number of aromatic nitrogens is 4. The van der Waals surface area contributed by atoms with Crippen LogP contribution < -0.4 is 11.1 Å². The van der Waals surface area contributed by atoms with Gasteiger partial charge in [-0.15, -0.1) is 0 Å². The first-order chi connectivity index (χ1) is 16.0. The maximum absolute atomic E-state index is 13.4. The SMILES string of the molecule is [2H]C([2H])([2H])c1nc(-c2ccc(NC(=O)C(O)c3cccc(F)c3)nc2C)c2c(N)nc(C)cn12. The molecule has 1 atom stereocenters. The smallest absolute Gasteiger partial charge is 0.258 e. The van der Waals surface area contributed by atoms with Crippen LogP contribution in [0.25, 0.3) is 16.8 Å². The topological polar surface area (TPSA) is 118 Å². The van der Waals surface area contributed by atoms with Crippen molar-refractivity contribution in [2.75, 3.05) is 11.1 Å². The van der Waals surface area contributed by atoms with Gasteiger partial charge in [0.2, 0.25) is 0 Å². The van der Waals surface area contributed by atoms with Gasteiger partial charge in [-0.05, 0) is 50.5 Å². The molecule has 8 nitrogen and oxygen atoms in total. The van der Waals surface area contributed by atoms with Crippen LogP contribution in [0, 0.1) is 26.5 Å². The molecule has 0 aliphatic heterocycles. The van der Waals surface area contributed by atoms with E-state index in [2.05, 4.69) is 20.3 Å². The number of nitrogens with two attached hydrogens (primary N) is 1. The van der Waals surface area contributed by atoms with Crippen molar-refractivity contribution in [2.24, 2.45) is 0 Å². The van der Waals surface area contributed by atoms with Crippen LogP contribution in [-0.2, 0) is 4.79 Å². The normalized spacial score (nSPS) is 14.0. The first-order valence-electron chi connectivity index (χ1n) is 10.8. The fourth-order valence-corrected chi connectivity index (χ4v) is 3.35. The molecule has 0 bridgehead atoms. The molecule has 0 saturated heterocycles. The van der Waals surface area contributed by atoms with Gasteiger partial charge in [0, 0.05) is 21.6 Å². The molecule has 0 saturated carbocycles. The van der Waals surface area contributed by atoms with Crippen molar-refractivity contribution >= 4 is 23.1 Å². The van der Waals surface area contributed by atoms with Crippen LogP contribution in [-0.4, -0.2) is 30.4 Å². The molecule has 0 fully saturated rings. The van der Waals surface area contributed by atoms with E-state index in [1.54, 1.807) is 26.1 Å². The summed E-state index contributed by atoms with van der Waals surface area (Å²) in [6, 6.07) is 8.19. The molecule has 9 heteroatoms. The summed E-state index contributed by atoms with van der Waals surface area (Å²) >= 11 is 0. The van der Waals surface area contributed by atoms with Crippen molar-refractivity contribution in [1.82, 2.24) is 19.4 Å². The number of benzene rings is 1. The number of anilines is 2. The molecule has 0 aliphatic rings. The molecule has 4 N–H and O–H groups in total. The average Bonchev–Trinajstić information content (AvgIpc) is 3.13. The number of carbonyl (C=O) groups is 1. The van der Waals surface area contributed by atoms with Gasteiger partial charge in [0.05, 0.1) is 5.69 Å². The molecule has 0 radical (unpaired) electrons. The number of rotatable bonds is 4. The quantitative estimate of drug-likeness (QED) is 0.464. The first-order valence-corrected chi connectivity index (χ1v) is 9.34. The van der Waals surface area contributed by atoms with E-state index in [4.69, 9.17) is 9.85 Å². The Balaban J connectivity index is 1.70. The van der Waals surface area contributed by atoms with Crippen molar-refractivity contribution in [3.8, 4) is 11.3 Å². The predicted molar refractivity (Wildman–Crippen MR) is 115 cm³/mol. The lowest BCUT2D eigenvalue weighted by molar-refractivity contribution is -0.124. The largest absolute Gasteiger partial charge is 0.382 e. The summed E-state index contributed by atoms with van der Waals surface area (Å²) in [7, 11) is 0. The van der Waals surface area contributed by atoms with Crippen LogP contribution in [0.2, 0.25) is 0 Å². The number of imidazole rings is 1. The summed E-state index contributed by atoms with van der Waals surface area (Å²) in [5, 5.41) is 12.7. The Morgan fingerprint density at radius 3 is 2.77 bits per heavy atom. The molecular formula is C22H21FN6O2. The van der Waals surface area contributed by atoms with E-state index in [1.165, 1.54) is 28.7 Å². The number of aliphatic hydroxyl groups excluding tert-OH is 1. The van der Waals surface area contributed by atoms with Crippen molar-refractivity contribution in [3.05, 3.63) is 71.2 Å². The fraction of sp³-hybridized carbons (Fsp3) is 0.182. The lowest BCUT2D eigenvalue weighted by atomic mass is 10.1. The lowest BCUT2D eigenvalue weighted by Gasteiger charge is -2.12. The molecular weight excluding hydrogens is 399 g/mol. The molecule has 158 valence electrons. The predicted octanol–water partition coefficient (Wildman–Crippen LogP) is 3.11. The summed E-state index contributed by atoms with van der Waals surface area (Å²) in [6.07, 6.45) is -0.0415. The zero-order chi connectivity index (χ0) is 24.8. The maximum atomic E-state index is 13.4. The monoisotopic (exact) mass is 423 g/mol. The average molecular weight is 423 g/mol. The fourth-order valence-electron chi connectivity index (χ4n) is 3.35. The second-order valence-electron chi connectivity index (χ2n) is 7.05. The minimum Gasteiger partial charge on any atom is -0.382 e. The molecule has 31 heavy (non-hydrogen) atoms. The number of hydrogen-bond acceptors (Lipinski definition) is 6. The van der Waals surface area contributed by atoms with Crippen LogP contribution in [0.4, 0.5) is 16.0 Å². The molecule has 1 unspecified atom stereocenters. The highest BCUT2D eigenvalue weighted by molar-refractivity contribution is 5.94. The third-order valence-corrected chi connectivity index (χ3v) is 4.77. The van der Waals surface area contributed by atoms with Crippen molar-refractivity contribution in [2.45, 2.75) is 26.8 Å². The van der Waals surface area contributed by atoms with E-state index in [0.717, 1.165) is 6.07 Å². The summed E-state index contributed by atoms with van der Waals surface area (Å²) in [4.78, 5) is 25.3. The van der Waals surface area contributed by atoms with Crippen LogP contribution >= 0.6 is 0 Å². The Morgan fingerprint density at radius 1 is 1.26 bits per heavy atom. The number of halogens is 1. The highest BCUT2D eigenvalue weighted by Gasteiger charge is 2.20. The number of hydrogen-bond donors (Lipinski definition) is 3. The standard InChI is InChI=1S/C22H21FN6O2/c1-11-10-29-13(3)27-18(19(29)21(24)25-11)16-7-8-17(26-12(16)2)28-22(31)20(30)14-5-4-6-15(23)9-14/h4-10,20,30H,1-3H3,(H2,24,25)(H,26,28,31)/i3D3. The Hall–Kier alpha value is -3.85. The minimum atomic E-state index is -2.50. The van der Waals surface area contributed by atoms with Gasteiger partial charge >= 0.3 is 0 Å². The number of fused-ring (bicyclic) bond motifs is 1. The van der Waals surface area contributed by atoms with Crippen LogP contribution in [0.15, 0.2) is 42.6 Å². The second-order valence-corrected chi connectivity index (χ2v) is 7.05. The lowest BCUT2D eigenvalue weighted by Crippen LogP contribution is -2.21. The summed E-state index contributed by atoms with van der Waals surface area (Å²) in [6.45, 7) is 0.858. The van der Waals surface area contributed by atoms with Gasteiger partial charge in [-0.3, -0.25) is 9.20 Å². The molecule has 0 spiro atoms. The Kier molecular flexibility index (Phi) is 4.23. The number of carbonyl (C=O) groups excluding carboxylic acids is 1. The van der Waals surface area contributed by atoms with Crippen LogP contribution in [0.1, 0.15) is 33.0 Å². The van der Waals surface area contributed by atoms with Gasteiger partial charge in [0.1, 0.15) is 34.5 Å². The number of nitrogen functional groups attached to an aromatic ring is 1. The summed E-state index contributed by atoms with van der Waals surface area (Å²) in [5.74, 6) is -1.26. The number of nitrogens with zero attached hydrogens (tertiary/aromatic N) is 4. The molecule has 1 aromatic carbocycles. The van der Waals surface area contributed by atoms with Crippen LogP contribution in [0.5, 0.6) is 0 Å².